The quantitative estimate of drug-likeness (QED) is 0.346. The van der Waals surface area contributed by atoms with Gasteiger partial charge in [-0.15, -0.1) is 0 Å². The van der Waals surface area contributed by atoms with Gasteiger partial charge in [0.05, 0.1) is 10.0 Å². The zero-order chi connectivity index (χ0) is 25.1. The Labute approximate surface area is 208 Å². The average molecular weight is 495 g/mol. The van der Waals surface area contributed by atoms with Crippen molar-refractivity contribution in [2.75, 3.05) is 5.32 Å². The van der Waals surface area contributed by atoms with E-state index >= 15 is 0 Å². The van der Waals surface area contributed by atoms with Crippen LogP contribution in [0.5, 0.6) is 11.5 Å². The highest BCUT2D eigenvalue weighted by Gasteiger charge is 2.29. The molecular formula is C27H37Cl2NO3. The third-order valence-electron chi connectivity index (χ3n) is 6.89. The van der Waals surface area contributed by atoms with Crippen molar-refractivity contribution in [3.63, 3.8) is 0 Å². The number of ether oxygens (including phenoxy) is 1. The first kappa shape index (κ1) is 27.3. The van der Waals surface area contributed by atoms with Crippen molar-refractivity contribution in [2.45, 2.75) is 91.6 Å². The van der Waals surface area contributed by atoms with E-state index in [-0.39, 0.29) is 32.5 Å². The molecule has 2 aromatic carbocycles. The third-order valence-corrected chi connectivity index (χ3v) is 7.64. The van der Waals surface area contributed by atoms with Crippen LogP contribution in [0.1, 0.15) is 84.4 Å². The highest BCUT2D eigenvalue weighted by molar-refractivity contribution is 6.38. The summed E-state index contributed by atoms with van der Waals surface area (Å²) in [4.78, 5) is 13.1. The molecule has 0 radical (unpaired) electrons. The molecule has 6 heteroatoms. The maximum absolute atomic E-state index is 13.1. The largest absolute Gasteiger partial charge is 0.505 e. The molecule has 1 amide bonds. The minimum atomic E-state index is -0.702. The van der Waals surface area contributed by atoms with Gasteiger partial charge in [0.1, 0.15) is 5.75 Å². The second-order valence-corrected chi connectivity index (χ2v) is 10.7. The average Bonchev–Trinajstić information content (AvgIpc) is 2.79. The predicted molar refractivity (Wildman–Crippen MR) is 139 cm³/mol. The third kappa shape index (κ3) is 5.96. The Morgan fingerprint density at radius 2 is 1.67 bits per heavy atom. The normalized spacial score (nSPS) is 13.0. The highest BCUT2D eigenvalue weighted by Crippen LogP contribution is 2.40. The van der Waals surface area contributed by atoms with Crippen LogP contribution in [-0.2, 0) is 15.6 Å². The van der Waals surface area contributed by atoms with Crippen molar-refractivity contribution >= 4 is 34.8 Å². The summed E-state index contributed by atoms with van der Waals surface area (Å²) in [6.45, 7) is 16.8. The molecule has 0 saturated heterocycles. The second kappa shape index (κ2) is 10.6. The van der Waals surface area contributed by atoms with E-state index in [1.807, 2.05) is 13.0 Å². The van der Waals surface area contributed by atoms with E-state index in [9.17, 15) is 9.90 Å². The topological polar surface area (TPSA) is 58.6 Å². The molecule has 0 aromatic heterocycles. The van der Waals surface area contributed by atoms with Crippen molar-refractivity contribution in [3.8, 4) is 11.5 Å². The molecule has 2 N–H and O–H groups in total. The maximum atomic E-state index is 13.1. The molecule has 0 aliphatic carbocycles. The van der Waals surface area contributed by atoms with Gasteiger partial charge in [-0.05, 0) is 60.3 Å². The smallest absolute Gasteiger partial charge is 0.265 e. The van der Waals surface area contributed by atoms with E-state index in [4.69, 9.17) is 27.9 Å². The van der Waals surface area contributed by atoms with E-state index in [0.29, 0.717) is 17.7 Å². The number of anilines is 1. The Morgan fingerprint density at radius 1 is 1.06 bits per heavy atom. The molecule has 0 spiro atoms. The Bertz CT molecular complexity index is 1010. The molecule has 0 aliphatic heterocycles. The maximum Gasteiger partial charge on any atom is 0.265 e. The molecule has 0 saturated carbocycles. The molecule has 0 fully saturated rings. The number of phenolic OH excluding ortho intramolecular Hbond substituents is 1. The molecular weight excluding hydrogens is 457 g/mol. The van der Waals surface area contributed by atoms with Crippen LogP contribution in [0.2, 0.25) is 10.0 Å². The number of rotatable bonds is 9. The number of aromatic hydroxyl groups is 1. The van der Waals surface area contributed by atoms with Crippen LogP contribution in [0.15, 0.2) is 24.3 Å². The van der Waals surface area contributed by atoms with Gasteiger partial charge in [0.15, 0.2) is 11.9 Å². The van der Waals surface area contributed by atoms with E-state index in [1.54, 1.807) is 6.92 Å². The second-order valence-electron chi connectivity index (χ2n) is 9.88. The van der Waals surface area contributed by atoms with Gasteiger partial charge in [0, 0.05) is 11.3 Å². The van der Waals surface area contributed by atoms with Crippen LogP contribution in [0.4, 0.5) is 5.69 Å². The fourth-order valence-corrected chi connectivity index (χ4v) is 3.96. The highest BCUT2D eigenvalue weighted by atomic mass is 35.5. The number of carbonyl (C=O) groups excluding carboxylic acids is 1. The van der Waals surface area contributed by atoms with Gasteiger partial charge in [-0.25, -0.2) is 0 Å². The first-order valence-electron chi connectivity index (χ1n) is 11.6. The van der Waals surface area contributed by atoms with Gasteiger partial charge in [-0.3, -0.25) is 4.79 Å². The SMILES string of the molecule is CCC(Oc1ccc(C(C)(C)CC)cc1C(C)(C)CC)C(=O)Nc1cc(Cl)c(O)c(Cl)c1C. The predicted octanol–water partition coefficient (Wildman–Crippen LogP) is 8.18. The molecule has 2 aromatic rings. The van der Waals surface area contributed by atoms with Gasteiger partial charge in [0.25, 0.3) is 5.91 Å². The molecule has 2 rings (SSSR count). The summed E-state index contributed by atoms with van der Waals surface area (Å²) in [5.41, 5.74) is 3.29. The Balaban J connectivity index is 2.40. The van der Waals surface area contributed by atoms with Gasteiger partial charge in [0.2, 0.25) is 0 Å². The summed E-state index contributed by atoms with van der Waals surface area (Å²) in [6.07, 6.45) is 1.74. The van der Waals surface area contributed by atoms with Crippen LogP contribution in [-0.4, -0.2) is 17.1 Å². The van der Waals surface area contributed by atoms with Gasteiger partial charge in [-0.2, -0.15) is 0 Å². The summed E-state index contributed by atoms with van der Waals surface area (Å²) in [5, 5.41) is 13.0. The van der Waals surface area contributed by atoms with E-state index in [2.05, 4.69) is 59.0 Å². The molecule has 1 unspecified atom stereocenters. The summed E-state index contributed by atoms with van der Waals surface area (Å²) >= 11 is 12.2. The number of amides is 1. The van der Waals surface area contributed by atoms with Crippen LogP contribution < -0.4 is 10.1 Å². The summed E-state index contributed by atoms with van der Waals surface area (Å²) < 4.78 is 6.31. The summed E-state index contributed by atoms with van der Waals surface area (Å²) in [7, 11) is 0. The summed E-state index contributed by atoms with van der Waals surface area (Å²) in [5.74, 6) is 0.230. The number of carbonyl (C=O) groups is 1. The standard InChI is InChI=1S/C27H37Cl2NO3/c1-9-21(25(32)30-20-15-19(28)24(31)23(29)16(20)4)33-22-13-12-17(26(5,6)10-2)14-18(22)27(7,8)11-3/h12-15,21,31H,9-11H2,1-8H3,(H,30,32). The Morgan fingerprint density at radius 3 is 2.21 bits per heavy atom. The van der Waals surface area contributed by atoms with Crippen molar-refractivity contribution in [1.82, 2.24) is 0 Å². The minimum Gasteiger partial charge on any atom is -0.505 e. The fraction of sp³-hybridized carbons (Fsp3) is 0.519. The lowest BCUT2D eigenvalue weighted by atomic mass is 9.76. The number of benzene rings is 2. The lowest BCUT2D eigenvalue weighted by Crippen LogP contribution is -2.33. The molecule has 4 nitrogen and oxygen atoms in total. The number of nitrogens with one attached hydrogen (secondary N) is 1. The Hall–Kier alpha value is -1.91. The lowest BCUT2D eigenvalue weighted by Gasteiger charge is -2.31. The zero-order valence-electron chi connectivity index (χ0n) is 21.0. The number of hydrogen-bond donors (Lipinski definition) is 2. The van der Waals surface area contributed by atoms with Crippen molar-refractivity contribution < 1.29 is 14.6 Å². The fourth-order valence-electron chi connectivity index (χ4n) is 3.50. The zero-order valence-corrected chi connectivity index (χ0v) is 22.5. The van der Waals surface area contributed by atoms with Crippen LogP contribution in [0.25, 0.3) is 0 Å². The number of hydrogen-bond acceptors (Lipinski definition) is 3. The first-order valence-corrected chi connectivity index (χ1v) is 12.3. The molecule has 0 aliphatic rings. The number of halogens is 2. The van der Waals surface area contributed by atoms with Crippen LogP contribution >= 0.6 is 23.2 Å². The number of phenols is 1. The van der Waals surface area contributed by atoms with Gasteiger partial charge in [-0.1, -0.05) is 83.8 Å². The van der Waals surface area contributed by atoms with E-state index in [0.717, 1.165) is 24.2 Å². The molecule has 1 atom stereocenters. The van der Waals surface area contributed by atoms with Crippen molar-refractivity contribution in [1.29, 1.82) is 0 Å². The molecule has 0 bridgehead atoms. The molecule has 182 valence electrons. The lowest BCUT2D eigenvalue weighted by molar-refractivity contribution is -0.122. The monoisotopic (exact) mass is 493 g/mol. The molecule has 0 heterocycles. The van der Waals surface area contributed by atoms with E-state index in [1.165, 1.54) is 11.6 Å². The van der Waals surface area contributed by atoms with Crippen molar-refractivity contribution in [2.24, 2.45) is 0 Å². The Kier molecular flexibility index (Phi) is 8.75. The van der Waals surface area contributed by atoms with Crippen molar-refractivity contribution in [3.05, 3.63) is 51.0 Å². The summed E-state index contributed by atoms with van der Waals surface area (Å²) in [6, 6.07) is 7.82. The minimum absolute atomic E-state index is 0.0492. The molecule has 33 heavy (non-hydrogen) atoms. The van der Waals surface area contributed by atoms with E-state index < -0.39 is 6.10 Å². The first-order chi connectivity index (χ1) is 15.3. The van der Waals surface area contributed by atoms with Gasteiger partial charge < -0.3 is 15.2 Å². The van der Waals surface area contributed by atoms with Crippen LogP contribution in [0.3, 0.4) is 0 Å². The van der Waals surface area contributed by atoms with Crippen LogP contribution in [0, 0.1) is 6.92 Å². The van der Waals surface area contributed by atoms with Gasteiger partial charge >= 0.3 is 0 Å².